The fraction of sp³-hybridized carbons (Fsp3) is 0.412. The van der Waals surface area contributed by atoms with Crippen LogP contribution in [0.4, 0.5) is 5.82 Å². The van der Waals surface area contributed by atoms with Crippen molar-refractivity contribution in [1.82, 2.24) is 9.97 Å². The summed E-state index contributed by atoms with van der Waals surface area (Å²) in [6.45, 7) is 0. The van der Waals surface area contributed by atoms with Crippen LogP contribution in [0.1, 0.15) is 48.7 Å². The van der Waals surface area contributed by atoms with Gasteiger partial charge >= 0.3 is 0 Å². The molecule has 1 fully saturated rings. The summed E-state index contributed by atoms with van der Waals surface area (Å²) in [4.78, 5) is 9.38. The van der Waals surface area contributed by atoms with E-state index in [1.54, 1.807) is 0 Å². The molecule has 1 saturated carbocycles. The van der Waals surface area contributed by atoms with E-state index in [1.165, 1.54) is 31.4 Å². The first-order chi connectivity index (χ1) is 10.2. The van der Waals surface area contributed by atoms with Gasteiger partial charge in [0.05, 0.1) is 0 Å². The SMILES string of the molecule is CNc1cc(C2CCCC2)nc(Cc2cccc(Cl)c2)n1. The molecule has 0 saturated heterocycles. The van der Waals surface area contributed by atoms with Crippen molar-refractivity contribution in [1.29, 1.82) is 0 Å². The van der Waals surface area contributed by atoms with Crippen molar-refractivity contribution in [3.8, 4) is 0 Å². The Hall–Kier alpha value is -1.61. The smallest absolute Gasteiger partial charge is 0.135 e. The Labute approximate surface area is 130 Å². The van der Waals surface area contributed by atoms with Gasteiger partial charge in [0.1, 0.15) is 11.6 Å². The average Bonchev–Trinajstić information content (AvgIpc) is 3.01. The van der Waals surface area contributed by atoms with Gasteiger partial charge in [-0.3, -0.25) is 0 Å². The second-order valence-electron chi connectivity index (χ2n) is 5.63. The van der Waals surface area contributed by atoms with Crippen LogP contribution < -0.4 is 5.32 Å². The fourth-order valence-corrected chi connectivity index (χ4v) is 3.20. The first-order valence-electron chi connectivity index (χ1n) is 7.54. The van der Waals surface area contributed by atoms with Crippen molar-refractivity contribution in [2.45, 2.75) is 38.0 Å². The number of nitrogens with one attached hydrogen (secondary N) is 1. The minimum absolute atomic E-state index is 0.596. The molecular weight excluding hydrogens is 282 g/mol. The summed E-state index contributed by atoms with van der Waals surface area (Å²) in [6.07, 6.45) is 5.84. The van der Waals surface area contributed by atoms with Gasteiger partial charge in [0.15, 0.2) is 0 Å². The minimum Gasteiger partial charge on any atom is -0.373 e. The van der Waals surface area contributed by atoms with Crippen LogP contribution in [0.3, 0.4) is 0 Å². The predicted molar refractivity (Wildman–Crippen MR) is 87.0 cm³/mol. The quantitative estimate of drug-likeness (QED) is 0.908. The van der Waals surface area contributed by atoms with E-state index < -0.39 is 0 Å². The van der Waals surface area contributed by atoms with Crippen LogP contribution in [0.25, 0.3) is 0 Å². The molecule has 0 amide bonds. The third kappa shape index (κ3) is 3.53. The second-order valence-corrected chi connectivity index (χ2v) is 6.07. The molecule has 0 radical (unpaired) electrons. The van der Waals surface area contributed by atoms with E-state index >= 15 is 0 Å². The Kier molecular flexibility index (Phi) is 4.39. The van der Waals surface area contributed by atoms with Gasteiger partial charge in [-0.25, -0.2) is 9.97 Å². The van der Waals surface area contributed by atoms with Crippen LogP contribution in [0.15, 0.2) is 30.3 Å². The number of benzene rings is 1. The van der Waals surface area contributed by atoms with Crippen molar-refractivity contribution >= 4 is 17.4 Å². The lowest BCUT2D eigenvalue weighted by molar-refractivity contribution is 0.686. The van der Waals surface area contributed by atoms with Crippen molar-refractivity contribution in [2.24, 2.45) is 0 Å². The van der Waals surface area contributed by atoms with Gasteiger partial charge in [0.25, 0.3) is 0 Å². The molecule has 3 rings (SSSR count). The van der Waals surface area contributed by atoms with Crippen molar-refractivity contribution in [3.63, 3.8) is 0 Å². The van der Waals surface area contributed by atoms with Gasteiger partial charge in [0.2, 0.25) is 0 Å². The fourth-order valence-electron chi connectivity index (χ4n) is 2.99. The highest BCUT2D eigenvalue weighted by Crippen LogP contribution is 2.33. The highest BCUT2D eigenvalue weighted by atomic mass is 35.5. The zero-order valence-electron chi connectivity index (χ0n) is 12.3. The Bertz CT molecular complexity index is 621. The Morgan fingerprint density at radius 2 is 2.00 bits per heavy atom. The monoisotopic (exact) mass is 301 g/mol. The summed E-state index contributed by atoms with van der Waals surface area (Å²) < 4.78 is 0. The van der Waals surface area contributed by atoms with E-state index in [0.717, 1.165) is 28.6 Å². The summed E-state index contributed by atoms with van der Waals surface area (Å²) in [5, 5.41) is 3.91. The number of hydrogen-bond acceptors (Lipinski definition) is 3. The van der Waals surface area contributed by atoms with Gasteiger partial charge in [-0.1, -0.05) is 36.6 Å². The van der Waals surface area contributed by atoms with E-state index in [-0.39, 0.29) is 0 Å². The molecule has 0 bridgehead atoms. The molecule has 1 aliphatic carbocycles. The summed E-state index contributed by atoms with van der Waals surface area (Å²) >= 11 is 6.05. The van der Waals surface area contributed by atoms with Crippen molar-refractivity contribution in [2.75, 3.05) is 12.4 Å². The van der Waals surface area contributed by atoms with Crippen LogP contribution >= 0.6 is 11.6 Å². The molecule has 0 unspecified atom stereocenters. The minimum atomic E-state index is 0.596. The molecular formula is C17H20ClN3. The number of aromatic nitrogens is 2. The Morgan fingerprint density at radius 3 is 2.71 bits per heavy atom. The van der Waals surface area contributed by atoms with E-state index in [9.17, 15) is 0 Å². The number of hydrogen-bond donors (Lipinski definition) is 1. The van der Waals surface area contributed by atoms with Gasteiger partial charge in [-0.15, -0.1) is 0 Å². The summed E-state index contributed by atoms with van der Waals surface area (Å²) in [6, 6.07) is 10.00. The van der Waals surface area contributed by atoms with Gasteiger partial charge in [-0.2, -0.15) is 0 Å². The molecule has 21 heavy (non-hydrogen) atoms. The van der Waals surface area contributed by atoms with E-state index in [1.807, 2.05) is 25.2 Å². The molecule has 2 aromatic rings. The lowest BCUT2D eigenvalue weighted by Gasteiger charge is -2.12. The average molecular weight is 302 g/mol. The van der Waals surface area contributed by atoms with Gasteiger partial charge in [-0.05, 0) is 30.5 Å². The summed E-state index contributed by atoms with van der Waals surface area (Å²) in [7, 11) is 1.91. The highest BCUT2D eigenvalue weighted by Gasteiger charge is 2.19. The zero-order chi connectivity index (χ0) is 14.7. The maximum atomic E-state index is 6.05. The van der Waals surface area contributed by atoms with Crippen LogP contribution in [0.2, 0.25) is 5.02 Å². The lowest BCUT2D eigenvalue weighted by atomic mass is 10.0. The van der Waals surface area contributed by atoms with Gasteiger partial charge in [0, 0.05) is 36.2 Å². The van der Waals surface area contributed by atoms with Gasteiger partial charge < -0.3 is 5.32 Å². The van der Waals surface area contributed by atoms with Crippen molar-refractivity contribution in [3.05, 3.63) is 52.4 Å². The molecule has 0 spiro atoms. The molecule has 1 N–H and O–H groups in total. The predicted octanol–water partition coefficient (Wildman–Crippen LogP) is 4.42. The Balaban J connectivity index is 1.88. The van der Waals surface area contributed by atoms with E-state index in [2.05, 4.69) is 22.4 Å². The lowest BCUT2D eigenvalue weighted by Crippen LogP contribution is -2.06. The number of halogens is 1. The number of rotatable bonds is 4. The van der Waals surface area contributed by atoms with Crippen LogP contribution in [-0.2, 0) is 6.42 Å². The Morgan fingerprint density at radius 1 is 1.19 bits per heavy atom. The van der Waals surface area contributed by atoms with Crippen LogP contribution in [-0.4, -0.2) is 17.0 Å². The number of nitrogens with zero attached hydrogens (tertiary/aromatic N) is 2. The number of anilines is 1. The molecule has 0 atom stereocenters. The van der Waals surface area contributed by atoms with Crippen LogP contribution in [0.5, 0.6) is 0 Å². The normalized spacial score (nSPS) is 15.3. The first-order valence-corrected chi connectivity index (χ1v) is 7.92. The van der Waals surface area contributed by atoms with E-state index in [4.69, 9.17) is 16.6 Å². The second kappa shape index (κ2) is 6.44. The standard InChI is InChI=1S/C17H20ClN3/c1-19-16-11-15(13-6-2-3-7-13)20-17(21-16)10-12-5-4-8-14(18)9-12/h4-5,8-9,11,13H,2-3,6-7,10H2,1H3,(H,19,20,21). The maximum absolute atomic E-state index is 6.05. The molecule has 1 aromatic heterocycles. The zero-order valence-corrected chi connectivity index (χ0v) is 13.0. The summed E-state index contributed by atoms with van der Waals surface area (Å²) in [5.74, 6) is 2.37. The third-order valence-electron chi connectivity index (χ3n) is 4.07. The maximum Gasteiger partial charge on any atom is 0.135 e. The topological polar surface area (TPSA) is 37.8 Å². The van der Waals surface area contributed by atoms with Crippen LogP contribution in [0, 0.1) is 0 Å². The third-order valence-corrected chi connectivity index (χ3v) is 4.31. The molecule has 3 nitrogen and oxygen atoms in total. The molecule has 1 aliphatic rings. The highest BCUT2D eigenvalue weighted by molar-refractivity contribution is 6.30. The molecule has 1 aromatic carbocycles. The summed E-state index contributed by atoms with van der Waals surface area (Å²) in [5.41, 5.74) is 2.33. The van der Waals surface area contributed by atoms with E-state index in [0.29, 0.717) is 5.92 Å². The molecule has 4 heteroatoms. The largest absolute Gasteiger partial charge is 0.373 e. The molecule has 0 aliphatic heterocycles. The first kappa shape index (κ1) is 14.3. The molecule has 110 valence electrons. The molecule has 1 heterocycles. The van der Waals surface area contributed by atoms with Crippen molar-refractivity contribution < 1.29 is 0 Å².